The molecule has 0 radical (unpaired) electrons. The molecule has 1 aromatic heterocycles. The summed E-state index contributed by atoms with van der Waals surface area (Å²) in [5.41, 5.74) is 11.3. The quantitative estimate of drug-likeness (QED) is 0.340. The average molecular weight is 496 g/mol. The van der Waals surface area contributed by atoms with Gasteiger partial charge in [-0.25, -0.2) is 0 Å². The molecule has 1 amide bonds. The molecule has 6 nitrogen and oxygen atoms in total. The number of nitrogens with zero attached hydrogens (tertiary/aromatic N) is 1. The van der Waals surface area contributed by atoms with Gasteiger partial charge in [-0.05, 0) is 77.8 Å². The van der Waals surface area contributed by atoms with Gasteiger partial charge in [-0.3, -0.25) is 10.2 Å². The molecule has 0 unspecified atom stereocenters. The highest BCUT2D eigenvalue weighted by Gasteiger charge is 2.36. The van der Waals surface area contributed by atoms with Gasteiger partial charge in [-0.2, -0.15) is 5.10 Å². The molecule has 0 saturated carbocycles. The van der Waals surface area contributed by atoms with Gasteiger partial charge in [0, 0.05) is 26.8 Å². The van der Waals surface area contributed by atoms with Gasteiger partial charge >= 0.3 is 0 Å². The maximum absolute atomic E-state index is 12.8. The van der Waals surface area contributed by atoms with Gasteiger partial charge in [0.25, 0.3) is 5.91 Å². The zero-order valence-electron chi connectivity index (χ0n) is 15.4. The summed E-state index contributed by atoms with van der Waals surface area (Å²) in [6.45, 7) is 6.14. The first-order chi connectivity index (χ1) is 12.7. The van der Waals surface area contributed by atoms with Gasteiger partial charge in [0.2, 0.25) is 0 Å². The number of fused-ring (bicyclic) bond motifs is 1. The lowest BCUT2D eigenvalue weighted by Crippen LogP contribution is -2.31. The van der Waals surface area contributed by atoms with E-state index in [0.29, 0.717) is 5.76 Å². The Bertz CT molecular complexity index is 932. The minimum atomic E-state index is -0.275. The molecule has 142 valence electrons. The van der Waals surface area contributed by atoms with E-state index in [1.807, 2.05) is 31.2 Å². The van der Waals surface area contributed by atoms with Crippen LogP contribution in [-0.4, -0.2) is 16.7 Å². The smallest absolute Gasteiger partial charge is 0.291 e. The second-order valence-corrected chi connectivity index (χ2v) is 9.05. The van der Waals surface area contributed by atoms with Crippen LogP contribution in [0.15, 0.2) is 33.8 Å². The summed E-state index contributed by atoms with van der Waals surface area (Å²) >= 11 is 7.07. The number of furan rings is 1. The van der Waals surface area contributed by atoms with Crippen molar-refractivity contribution in [3.8, 4) is 0 Å². The molecule has 27 heavy (non-hydrogen) atoms. The molecule has 0 spiro atoms. The minimum Gasteiger partial charge on any atom is -0.455 e. The van der Waals surface area contributed by atoms with Crippen LogP contribution in [0.25, 0.3) is 0 Å². The van der Waals surface area contributed by atoms with Gasteiger partial charge in [0.1, 0.15) is 5.76 Å². The summed E-state index contributed by atoms with van der Waals surface area (Å²) in [5, 5.41) is 7.35. The van der Waals surface area contributed by atoms with Crippen LogP contribution in [0.1, 0.15) is 47.7 Å². The fraction of sp³-hybridized carbons (Fsp3) is 0.316. The van der Waals surface area contributed by atoms with E-state index in [1.165, 1.54) is 0 Å². The molecule has 1 aliphatic rings. The number of hydrogen-bond donors (Lipinski definition) is 3. The van der Waals surface area contributed by atoms with Crippen LogP contribution in [0.3, 0.4) is 0 Å². The van der Waals surface area contributed by atoms with Gasteiger partial charge in [-0.15, -0.1) is 0 Å². The number of amides is 1. The number of hydrogen-bond acceptors (Lipinski definition) is 4. The lowest BCUT2D eigenvalue weighted by Gasteiger charge is -2.29. The van der Waals surface area contributed by atoms with E-state index >= 15 is 0 Å². The largest absolute Gasteiger partial charge is 0.455 e. The van der Waals surface area contributed by atoms with Crippen molar-refractivity contribution >= 4 is 57.2 Å². The normalized spacial score (nSPS) is 16.7. The Kier molecular flexibility index (Phi) is 5.57. The van der Waals surface area contributed by atoms with E-state index in [9.17, 15) is 4.79 Å². The fourth-order valence-electron chi connectivity index (χ4n) is 3.27. The van der Waals surface area contributed by atoms with Crippen LogP contribution < -0.4 is 16.5 Å². The molecule has 4 N–H and O–H groups in total. The van der Waals surface area contributed by atoms with Crippen molar-refractivity contribution in [2.24, 2.45) is 16.3 Å². The van der Waals surface area contributed by atoms with Crippen molar-refractivity contribution in [2.45, 2.75) is 33.6 Å². The molecular weight excluding hydrogens is 475 g/mol. The molecular formula is C19H21IN4O2S. The van der Waals surface area contributed by atoms with Gasteiger partial charge in [0.05, 0.1) is 5.71 Å². The second kappa shape index (κ2) is 7.59. The van der Waals surface area contributed by atoms with Gasteiger partial charge in [0.15, 0.2) is 10.9 Å². The number of nitrogens with two attached hydrogens (primary N) is 1. The molecule has 1 aromatic carbocycles. The van der Waals surface area contributed by atoms with Crippen LogP contribution in [0.4, 0.5) is 5.69 Å². The maximum Gasteiger partial charge on any atom is 0.291 e. The third kappa shape index (κ3) is 4.49. The van der Waals surface area contributed by atoms with Crippen LogP contribution in [0.2, 0.25) is 0 Å². The summed E-state index contributed by atoms with van der Waals surface area (Å²) in [4.78, 5) is 12.8. The van der Waals surface area contributed by atoms with E-state index in [4.69, 9.17) is 22.4 Å². The Morgan fingerprint density at radius 1 is 1.30 bits per heavy atom. The first-order valence-electron chi connectivity index (χ1n) is 8.48. The highest BCUT2D eigenvalue weighted by Crippen LogP contribution is 2.39. The summed E-state index contributed by atoms with van der Waals surface area (Å²) in [7, 11) is 0. The molecule has 0 aliphatic heterocycles. The first-order valence-corrected chi connectivity index (χ1v) is 9.96. The van der Waals surface area contributed by atoms with E-state index in [2.05, 4.69) is 52.3 Å². The maximum atomic E-state index is 12.8. The Hall–Kier alpha value is -1.94. The summed E-state index contributed by atoms with van der Waals surface area (Å²) in [6, 6.07) is 7.59. The van der Waals surface area contributed by atoms with Crippen molar-refractivity contribution in [1.29, 1.82) is 0 Å². The summed E-state index contributed by atoms with van der Waals surface area (Å²) in [5.74, 6) is 0.793. The number of carbonyl (C=O) groups is 1. The van der Waals surface area contributed by atoms with Crippen LogP contribution >= 0.6 is 34.8 Å². The highest BCUT2D eigenvalue weighted by atomic mass is 127. The van der Waals surface area contributed by atoms with Gasteiger partial charge in [-0.1, -0.05) is 13.8 Å². The van der Waals surface area contributed by atoms with E-state index < -0.39 is 0 Å². The average Bonchev–Trinajstić information content (AvgIpc) is 2.90. The van der Waals surface area contributed by atoms with Crippen LogP contribution in [0, 0.1) is 15.9 Å². The zero-order chi connectivity index (χ0) is 19.8. The monoisotopic (exact) mass is 496 g/mol. The predicted octanol–water partition coefficient (Wildman–Crippen LogP) is 3.95. The number of halogens is 1. The summed E-state index contributed by atoms with van der Waals surface area (Å²) in [6.07, 6.45) is 1.46. The van der Waals surface area contributed by atoms with Crippen molar-refractivity contribution in [3.63, 3.8) is 0 Å². The second-order valence-electron chi connectivity index (χ2n) is 7.37. The Morgan fingerprint density at radius 2 is 1.96 bits per heavy atom. The Labute approximate surface area is 177 Å². The third-order valence-corrected chi connectivity index (χ3v) is 5.21. The van der Waals surface area contributed by atoms with E-state index in [1.54, 1.807) is 0 Å². The number of benzene rings is 1. The van der Waals surface area contributed by atoms with Crippen molar-refractivity contribution in [1.82, 2.24) is 5.43 Å². The van der Waals surface area contributed by atoms with Crippen molar-refractivity contribution in [2.75, 3.05) is 5.32 Å². The number of thiocarbonyl (C=S) groups is 1. The number of anilines is 1. The number of hydrazone groups is 1. The molecule has 0 fully saturated rings. The third-order valence-electron chi connectivity index (χ3n) is 4.40. The number of nitrogens with one attached hydrogen (secondary N) is 2. The molecule has 1 heterocycles. The van der Waals surface area contributed by atoms with Crippen LogP contribution in [-0.2, 0) is 6.42 Å². The summed E-state index contributed by atoms with van der Waals surface area (Å²) < 4.78 is 7.08. The van der Waals surface area contributed by atoms with E-state index in [0.717, 1.165) is 44.7 Å². The minimum absolute atomic E-state index is 0.0438. The standard InChI is InChI=1S/C19H21IN4O2S/c1-10-15-13(23-24-18(21)27)8-19(2,3)9-14(15)26-16(10)17(25)22-12-6-4-11(20)5-7-12/h4-7H,8-9H2,1-3H3,(H,22,25)(H3,21,24,27)/b23-13-. The SMILES string of the molecule is Cc1c(C(=O)Nc2ccc(I)cc2)oc2c1/C(=N\NC(N)=S)CC(C)(C)C2. The lowest BCUT2D eigenvalue weighted by molar-refractivity contribution is 0.0993. The van der Waals surface area contributed by atoms with Gasteiger partial charge < -0.3 is 15.5 Å². The predicted molar refractivity (Wildman–Crippen MR) is 119 cm³/mol. The van der Waals surface area contributed by atoms with Crippen LogP contribution in [0.5, 0.6) is 0 Å². The highest BCUT2D eigenvalue weighted by molar-refractivity contribution is 14.1. The number of carbonyl (C=O) groups excluding carboxylic acids is 1. The number of rotatable bonds is 3. The molecule has 0 atom stereocenters. The molecule has 1 aliphatic carbocycles. The van der Waals surface area contributed by atoms with Crippen molar-refractivity contribution < 1.29 is 9.21 Å². The lowest BCUT2D eigenvalue weighted by atomic mass is 9.75. The zero-order valence-corrected chi connectivity index (χ0v) is 18.3. The fourth-order valence-corrected chi connectivity index (χ4v) is 3.68. The molecule has 3 rings (SSSR count). The molecule has 0 saturated heterocycles. The Balaban J connectivity index is 1.95. The topological polar surface area (TPSA) is 92.6 Å². The Morgan fingerprint density at radius 3 is 2.59 bits per heavy atom. The first kappa shape index (κ1) is 19.8. The molecule has 8 heteroatoms. The molecule has 0 bridgehead atoms. The van der Waals surface area contributed by atoms with E-state index in [-0.39, 0.29) is 16.4 Å². The molecule has 2 aromatic rings. The van der Waals surface area contributed by atoms with Crippen molar-refractivity contribution in [3.05, 3.63) is 50.5 Å².